The maximum absolute atomic E-state index is 12.3. The lowest BCUT2D eigenvalue weighted by Crippen LogP contribution is -2.24. The Hall–Kier alpha value is -2.74. The summed E-state index contributed by atoms with van der Waals surface area (Å²) in [5, 5.41) is 10.7. The van der Waals surface area contributed by atoms with Crippen LogP contribution >= 0.6 is 11.6 Å². The van der Waals surface area contributed by atoms with Crippen molar-refractivity contribution in [2.45, 2.75) is 19.6 Å². The van der Waals surface area contributed by atoms with Crippen molar-refractivity contribution < 1.29 is 28.0 Å². The Morgan fingerprint density at radius 2 is 1.80 bits per heavy atom. The van der Waals surface area contributed by atoms with Gasteiger partial charge in [0.25, 0.3) is 5.69 Å². The van der Waals surface area contributed by atoms with E-state index >= 15 is 0 Å². The maximum Gasteiger partial charge on any atom is 0.387 e. The molecule has 0 bridgehead atoms. The predicted molar refractivity (Wildman–Crippen MR) is 85.6 cm³/mol. The Kier molecular flexibility index (Phi) is 5.87. The van der Waals surface area contributed by atoms with Crippen molar-refractivity contribution in [3.8, 4) is 11.5 Å². The Balaban J connectivity index is 2.08. The fourth-order valence-corrected chi connectivity index (χ4v) is 2.20. The van der Waals surface area contributed by atoms with E-state index < -0.39 is 23.4 Å². The molecule has 0 aliphatic rings. The van der Waals surface area contributed by atoms with Crippen molar-refractivity contribution in [2.24, 2.45) is 0 Å². The first-order valence-corrected chi connectivity index (χ1v) is 7.35. The van der Waals surface area contributed by atoms with E-state index in [0.29, 0.717) is 0 Å². The van der Waals surface area contributed by atoms with Crippen molar-refractivity contribution in [1.82, 2.24) is 0 Å². The summed E-state index contributed by atoms with van der Waals surface area (Å²) >= 11 is 5.91. The number of nitro groups is 1. The molecule has 25 heavy (non-hydrogen) atoms. The molecule has 132 valence electrons. The number of hydrogen-bond donors (Lipinski definition) is 0. The molecule has 0 saturated heterocycles. The number of nitrogens with zero attached hydrogens (tertiary/aromatic N) is 1. The topological polar surface area (TPSA) is 78.7 Å². The van der Waals surface area contributed by atoms with Gasteiger partial charge in [-0.25, -0.2) is 0 Å². The third kappa shape index (κ3) is 4.87. The molecule has 2 aromatic rings. The Morgan fingerprint density at radius 1 is 1.16 bits per heavy atom. The first kappa shape index (κ1) is 18.6. The average molecular weight is 372 g/mol. The van der Waals surface area contributed by atoms with Gasteiger partial charge in [0.05, 0.1) is 9.95 Å². The van der Waals surface area contributed by atoms with Gasteiger partial charge in [-0.15, -0.1) is 0 Å². The summed E-state index contributed by atoms with van der Waals surface area (Å²) in [5.41, 5.74) is 0.0260. The molecule has 0 radical (unpaired) electrons. The summed E-state index contributed by atoms with van der Waals surface area (Å²) in [5.74, 6) is -0.373. The van der Waals surface area contributed by atoms with Crippen LogP contribution in [0.1, 0.15) is 17.3 Å². The summed E-state index contributed by atoms with van der Waals surface area (Å²) in [7, 11) is 0. The summed E-state index contributed by atoms with van der Waals surface area (Å²) in [6.45, 7) is -1.48. The number of Topliss-reactive ketones (excluding diaryl/α,β-unsaturated/α-hetero) is 1. The summed E-state index contributed by atoms with van der Waals surface area (Å²) in [6, 6.07) is 8.76. The fraction of sp³-hybridized carbons (Fsp3) is 0.188. The van der Waals surface area contributed by atoms with Crippen molar-refractivity contribution >= 4 is 23.1 Å². The van der Waals surface area contributed by atoms with E-state index in [-0.39, 0.29) is 27.8 Å². The van der Waals surface area contributed by atoms with Crippen molar-refractivity contribution in [3.63, 3.8) is 0 Å². The molecule has 0 aliphatic heterocycles. The second kappa shape index (κ2) is 7.89. The largest absolute Gasteiger partial charge is 0.481 e. The number of halogens is 3. The van der Waals surface area contributed by atoms with Crippen LogP contribution in [0, 0.1) is 10.1 Å². The second-order valence-electron chi connectivity index (χ2n) is 4.90. The quantitative estimate of drug-likeness (QED) is 0.407. The van der Waals surface area contributed by atoms with E-state index in [4.69, 9.17) is 16.3 Å². The zero-order valence-electron chi connectivity index (χ0n) is 12.8. The van der Waals surface area contributed by atoms with Gasteiger partial charge in [0.15, 0.2) is 6.10 Å². The van der Waals surface area contributed by atoms with E-state index in [1.165, 1.54) is 43.3 Å². The van der Waals surface area contributed by atoms with Crippen LogP contribution in [0.5, 0.6) is 11.5 Å². The number of non-ortho nitro benzene ring substituents is 1. The Bertz CT molecular complexity index is 783. The second-order valence-corrected chi connectivity index (χ2v) is 5.31. The molecule has 0 aromatic heterocycles. The number of ketones is 1. The van der Waals surface area contributed by atoms with Crippen LogP contribution in [0.2, 0.25) is 5.02 Å². The molecule has 2 rings (SSSR count). The number of ether oxygens (including phenoxy) is 2. The maximum atomic E-state index is 12.3. The fourth-order valence-electron chi connectivity index (χ4n) is 1.98. The molecular formula is C16H12ClF2NO5. The highest BCUT2D eigenvalue weighted by Crippen LogP contribution is 2.30. The zero-order chi connectivity index (χ0) is 18.6. The van der Waals surface area contributed by atoms with Gasteiger partial charge in [0, 0.05) is 17.7 Å². The van der Waals surface area contributed by atoms with Gasteiger partial charge in [-0.05, 0) is 37.3 Å². The minimum atomic E-state index is -2.95. The third-order valence-electron chi connectivity index (χ3n) is 3.16. The highest BCUT2D eigenvalue weighted by Gasteiger charge is 2.19. The molecule has 1 atom stereocenters. The highest BCUT2D eigenvalue weighted by atomic mass is 35.5. The van der Waals surface area contributed by atoms with E-state index in [2.05, 4.69) is 4.74 Å². The van der Waals surface area contributed by atoms with Crippen LogP contribution in [0.3, 0.4) is 0 Å². The number of carbonyl (C=O) groups is 1. The number of nitro benzene ring substituents is 1. The normalized spacial score (nSPS) is 11.9. The number of hydrogen-bond acceptors (Lipinski definition) is 5. The van der Waals surface area contributed by atoms with Crippen molar-refractivity contribution in [3.05, 3.63) is 63.2 Å². The van der Waals surface area contributed by atoms with Gasteiger partial charge in [-0.3, -0.25) is 14.9 Å². The molecule has 0 spiro atoms. The van der Waals surface area contributed by atoms with Crippen molar-refractivity contribution in [1.29, 1.82) is 0 Å². The Morgan fingerprint density at radius 3 is 2.32 bits per heavy atom. The predicted octanol–water partition coefficient (Wildman–Crippen LogP) is 4.50. The summed E-state index contributed by atoms with van der Waals surface area (Å²) in [6.07, 6.45) is -0.944. The molecule has 0 heterocycles. The van der Waals surface area contributed by atoms with Crippen LogP contribution in [-0.2, 0) is 0 Å². The van der Waals surface area contributed by atoms with E-state index in [0.717, 1.165) is 6.07 Å². The first-order chi connectivity index (χ1) is 11.8. The van der Waals surface area contributed by atoms with Gasteiger partial charge >= 0.3 is 6.61 Å². The number of rotatable bonds is 7. The van der Waals surface area contributed by atoms with Crippen LogP contribution in [0.4, 0.5) is 14.5 Å². The van der Waals surface area contributed by atoms with Gasteiger partial charge in [-0.2, -0.15) is 8.78 Å². The number of alkyl halides is 2. The lowest BCUT2D eigenvalue weighted by molar-refractivity contribution is -0.384. The molecule has 0 amide bonds. The third-order valence-corrected chi connectivity index (χ3v) is 3.46. The van der Waals surface area contributed by atoms with Gasteiger partial charge in [-0.1, -0.05) is 11.6 Å². The first-order valence-electron chi connectivity index (χ1n) is 6.97. The Labute approximate surface area is 146 Å². The summed E-state index contributed by atoms with van der Waals surface area (Å²) in [4.78, 5) is 22.4. The van der Waals surface area contributed by atoms with E-state index in [9.17, 15) is 23.7 Å². The molecule has 0 unspecified atom stereocenters. The standard InChI is InChI=1S/C16H12ClF2NO5/c1-9(24-14-7-4-11(20(22)23)8-13(14)17)15(21)10-2-5-12(6-3-10)25-16(18)19/h2-9,16H,1H3/t9-/m0/s1. The molecule has 9 heteroatoms. The van der Waals surface area contributed by atoms with Gasteiger partial charge in [0.2, 0.25) is 5.78 Å². The molecule has 0 aliphatic carbocycles. The van der Waals surface area contributed by atoms with E-state index in [1.807, 2.05) is 0 Å². The van der Waals surface area contributed by atoms with Crippen LogP contribution < -0.4 is 9.47 Å². The van der Waals surface area contributed by atoms with E-state index in [1.54, 1.807) is 0 Å². The molecule has 0 saturated carbocycles. The lowest BCUT2D eigenvalue weighted by Gasteiger charge is -2.15. The minimum Gasteiger partial charge on any atom is -0.481 e. The molecule has 6 nitrogen and oxygen atoms in total. The molecular weight excluding hydrogens is 360 g/mol. The molecule has 0 N–H and O–H groups in total. The minimum absolute atomic E-state index is 0.00506. The molecule has 0 fully saturated rings. The van der Waals surface area contributed by atoms with Gasteiger partial charge in [0.1, 0.15) is 11.5 Å². The van der Waals surface area contributed by atoms with Crippen molar-refractivity contribution in [2.75, 3.05) is 0 Å². The SMILES string of the molecule is C[C@H](Oc1ccc([N+](=O)[O-])cc1Cl)C(=O)c1ccc(OC(F)F)cc1. The zero-order valence-corrected chi connectivity index (χ0v) is 13.6. The van der Waals surface area contributed by atoms with Crippen LogP contribution in [0.25, 0.3) is 0 Å². The summed E-state index contributed by atoms with van der Waals surface area (Å²) < 4.78 is 33.8. The van der Waals surface area contributed by atoms with Crippen LogP contribution in [0.15, 0.2) is 42.5 Å². The monoisotopic (exact) mass is 371 g/mol. The number of carbonyl (C=O) groups excluding carboxylic acids is 1. The highest BCUT2D eigenvalue weighted by molar-refractivity contribution is 6.32. The number of benzene rings is 2. The lowest BCUT2D eigenvalue weighted by atomic mass is 10.1. The molecule has 2 aromatic carbocycles. The smallest absolute Gasteiger partial charge is 0.387 e. The average Bonchev–Trinajstić information content (AvgIpc) is 2.56. The van der Waals surface area contributed by atoms with Gasteiger partial charge < -0.3 is 9.47 Å². The van der Waals surface area contributed by atoms with Crippen LogP contribution in [-0.4, -0.2) is 23.4 Å².